The molecule has 0 bridgehead atoms. The topological polar surface area (TPSA) is 97.1 Å². The molecule has 1 saturated heterocycles. The lowest BCUT2D eigenvalue weighted by Gasteiger charge is -2.21. The van der Waals surface area contributed by atoms with E-state index in [2.05, 4.69) is 20.8 Å². The van der Waals surface area contributed by atoms with Gasteiger partial charge in [0.15, 0.2) is 9.84 Å². The van der Waals surface area contributed by atoms with Gasteiger partial charge in [0, 0.05) is 6.04 Å². The Kier molecular flexibility index (Phi) is 3.82. The molecule has 0 amide bonds. The quantitative estimate of drug-likeness (QED) is 0.817. The first kappa shape index (κ1) is 14.3. The van der Waals surface area contributed by atoms with Crippen LogP contribution < -0.4 is 10.6 Å². The second-order valence-electron chi connectivity index (χ2n) is 5.56. The van der Waals surface area contributed by atoms with Crippen LogP contribution in [0.3, 0.4) is 0 Å². The van der Waals surface area contributed by atoms with Crippen molar-refractivity contribution in [2.45, 2.75) is 45.3 Å². The molecule has 1 atom stereocenters. The van der Waals surface area contributed by atoms with E-state index < -0.39 is 15.4 Å². The molecule has 2 N–H and O–H groups in total. The summed E-state index contributed by atoms with van der Waals surface area (Å²) >= 11 is 0. The molecule has 1 aliphatic heterocycles. The summed E-state index contributed by atoms with van der Waals surface area (Å²) < 4.78 is 28.4. The standard InChI is InChI=1S/C11H20N4O3S/c1-8(2)12-6-9-14-15-10(18-9)13-11(3)4-5-19(16,17)7-11/h8,12H,4-7H2,1-3H3,(H,13,15). The molecule has 0 aromatic carbocycles. The Balaban J connectivity index is 1.97. The number of aromatic nitrogens is 2. The molecule has 2 heterocycles. The third-order valence-corrected chi connectivity index (χ3v) is 4.94. The highest BCUT2D eigenvalue weighted by atomic mass is 32.2. The van der Waals surface area contributed by atoms with Crippen LogP contribution in [0.15, 0.2) is 4.42 Å². The van der Waals surface area contributed by atoms with Gasteiger partial charge in [-0.2, -0.15) is 0 Å². The number of nitrogens with zero attached hydrogens (tertiary/aromatic N) is 2. The van der Waals surface area contributed by atoms with Gasteiger partial charge in [0.1, 0.15) is 0 Å². The summed E-state index contributed by atoms with van der Waals surface area (Å²) in [5.41, 5.74) is -0.520. The van der Waals surface area contributed by atoms with Gasteiger partial charge in [-0.1, -0.05) is 18.9 Å². The minimum absolute atomic E-state index is 0.0992. The molecule has 0 radical (unpaired) electrons. The van der Waals surface area contributed by atoms with Crippen molar-refractivity contribution in [3.63, 3.8) is 0 Å². The van der Waals surface area contributed by atoms with Crippen molar-refractivity contribution < 1.29 is 12.8 Å². The molecule has 8 heteroatoms. The van der Waals surface area contributed by atoms with Crippen LogP contribution >= 0.6 is 0 Å². The van der Waals surface area contributed by atoms with E-state index in [-0.39, 0.29) is 17.5 Å². The zero-order valence-electron chi connectivity index (χ0n) is 11.4. The number of rotatable bonds is 5. The zero-order valence-corrected chi connectivity index (χ0v) is 12.2. The molecule has 1 fully saturated rings. The molecule has 1 aromatic heterocycles. The molecule has 19 heavy (non-hydrogen) atoms. The van der Waals surface area contributed by atoms with E-state index in [1.54, 1.807) is 0 Å². The lowest BCUT2D eigenvalue weighted by atomic mass is 10.0. The van der Waals surface area contributed by atoms with Crippen molar-refractivity contribution in [2.75, 3.05) is 16.8 Å². The third-order valence-electron chi connectivity index (χ3n) is 3.04. The maximum Gasteiger partial charge on any atom is 0.315 e. The van der Waals surface area contributed by atoms with E-state index in [1.165, 1.54) is 0 Å². The van der Waals surface area contributed by atoms with Crippen LogP contribution in [0.4, 0.5) is 6.01 Å². The largest absolute Gasteiger partial charge is 0.407 e. The summed E-state index contributed by atoms with van der Waals surface area (Å²) in [7, 11) is -2.95. The third kappa shape index (κ3) is 3.90. The van der Waals surface area contributed by atoms with Crippen molar-refractivity contribution in [1.29, 1.82) is 0 Å². The molecule has 0 aliphatic carbocycles. The minimum atomic E-state index is -2.95. The van der Waals surface area contributed by atoms with Gasteiger partial charge in [-0.05, 0) is 13.3 Å². The van der Waals surface area contributed by atoms with E-state index in [9.17, 15) is 8.42 Å². The maximum atomic E-state index is 11.5. The normalized spacial score (nSPS) is 25.9. The Morgan fingerprint density at radius 3 is 2.74 bits per heavy atom. The number of sulfone groups is 1. The van der Waals surface area contributed by atoms with Crippen molar-refractivity contribution >= 4 is 15.9 Å². The van der Waals surface area contributed by atoms with Crippen molar-refractivity contribution in [2.24, 2.45) is 0 Å². The Bertz CT molecular complexity index is 540. The molecule has 1 unspecified atom stereocenters. The summed E-state index contributed by atoms with van der Waals surface area (Å²) in [5.74, 6) is 0.787. The van der Waals surface area contributed by atoms with Gasteiger partial charge in [0.25, 0.3) is 0 Å². The van der Waals surface area contributed by atoms with Crippen molar-refractivity contribution in [3.05, 3.63) is 5.89 Å². The fourth-order valence-corrected chi connectivity index (χ4v) is 4.13. The first-order valence-corrected chi connectivity index (χ1v) is 8.15. The average Bonchev–Trinajstić information content (AvgIpc) is 2.81. The van der Waals surface area contributed by atoms with Gasteiger partial charge < -0.3 is 15.1 Å². The molecular weight excluding hydrogens is 268 g/mol. The van der Waals surface area contributed by atoms with Crippen molar-refractivity contribution in [1.82, 2.24) is 15.5 Å². The SMILES string of the molecule is CC(C)NCc1nnc(NC2(C)CCS(=O)(=O)C2)o1. The number of nitrogens with one attached hydrogen (secondary N) is 2. The Labute approximate surface area is 113 Å². The highest BCUT2D eigenvalue weighted by molar-refractivity contribution is 7.91. The fraction of sp³-hybridized carbons (Fsp3) is 0.818. The highest BCUT2D eigenvalue weighted by Crippen LogP contribution is 2.26. The average molecular weight is 288 g/mol. The fourth-order valence-electron chi connectivity index (χ4n) is 2.03. The van der Waals surface area contributed by atoms with Crippen LogP contribution in [-0.4, -0.2) is 41.7 Å². The number of hydrogen-bond donors (Lipinski definition) is 2. The summed E-state index contributed by atoms with van der Waals surface area (Å²) in [6.07, 6.45) is 0.553. The van der Waals surface area contributed by atoms with Gasteiger partial charge in [-0.25, -0.2) is 8.42 Å². The Morgan fingerprint density at radius 2 is 2.16 bits per heavy atom. The van der Waals surface area contributed by atoms with E-state index in [4.69, 9.17) is 4.42 Å². The van der Waals surface area contributed by atoms with Gasteiger partial charge >= 0.3 is 6.01 Å². The van der Waals surface area contributed by atoms with Crippen LogP contribution in [-0.2, 0) is 16.4 Å². The number of anilines is 1. The van der Waals surface area contributed by atoms with Gasteiger partial charge in [-0.3, -0.25) is 0 Å². The molecule has 1 aromatic rings. The maximum absolute atomic E-state index is 11.5. The smallest absolute Gasteiger partial charge is 0.315 e. The Morgan fingerprint density at radius 1 is 1.42 bits per heavy atom. The van der Waals surface area contributed by atoms with E-state index in [1.807, 2.05) is 20.8 Å². The molecule has 2 rings (SSSR count). The molecular formula is C11H20N4O3S. The van der Waals surface area contributed by atoms with Crippen LogP contribution in [0.1, 0.15) is 33.1 Å². The molecule has 1 aliphatic rings. The van der Waals surface area contributed by atoms with Crippen LogP contribution in [0.2, 0.25) is 0 Å². The van der Waals surface area contributed by atoms with E-state index >= 15 is 0 Å². The monoisotopic (exact) mass is 288 g/mol. The van der Waals surface area contributed by atoms with Crippen LogP contribution in [0.25, 0.3) is 0 Å². The predicted octanol–water partition coefficient (Wildman–Crippen LogP) is 0.557. The summed E-state index contributed by atoms with van der Waals surface area (Å²) in [4.78, 5) is 0. The van der Waals surface area contributed by atoms with Gasteiger partial charge in [0.2, 0.25) is 5.89 Å². The first-order chi connectivity index (χ1) is 8.78. The molecule has 0 spiro atoms. The molecule has 0 saturated carbocycles. The molecule has 108 valence electrons. The van der Waals surface area contributed by atoms with Crippen LogP contribution in [0, 0.1) is 0 Å². The highest BCUT2D eigenvalue weighted by Gasteiger charge is 2.39. The minimum Gasteiger partial charge on any atom is -0.407 e. The second kappa shape index (κ2) is 5.09. The van der Waals surface area contributed by atoms with Gasteiger partial charge in [0.05, 0.1) is 23.6 Å². The van der Waals surface area contributed by atoms with Crippen molar-refractivity contribution in [3.8, 4) is 0 Å². The summed E-state index contributed by atoms with van der Waals surface area (Å²) in [6, 6.07) is 0.612. The first-order valence-electron chi connectivity index (χ1n) is 6.32. The predicted molar refractivity (Wildman–Crippen MR) is 71.6 cm³/mol. The second-order valence-corrected chi connectivity index (χ2v) is 7.75. The summed E-state index contributed by atoms with van der Waals surface area (Å²) in [6.45, 7) is 6.41. The van der Waals surface area contributed by atoms with Crippen LogP contribution in [0.5, 0.6) is 0 Å². The summed E-state index contributed by atoms with van der Waals surface area (Å²) in [5, 5.41) is 14.0. The lowest BCUT2D eigenvalue weighted by Crippen LogP contribution is -2.36. The molecule has 7 nitrogen and oxygen atoms in total. The van der Waals surface area contributed by atoms with Gasteiger partial charge in [-0.15, -0.1) is 5.10 Å². The lowest BCUT2D eigenvalue weighted by molar-refractivity contribution is 0.446. The number of hydrogen-bond acceptors (Lipinski definition) is 7. The van der Waals surface area contributed by atoms with E-state index in [0.717, 1.165) is 0 Å². The zero-order chi connectivity index (χ0) is 14.1. The van der Waals surface area contributed by atoms with E-state index in [0.29, 0.717) is 24.9 Å². The Hall–Kier alpha value is -1.15.